The zero-order valence-electron chi connectivity index (χ0n) is 12.0. The first kappa shape index (κ1) is 14.5. The molecular formula is C14H28N2O. The molecule has 0 saturated carbocycles. The van der Waals surface area contributed by atoms with Crippen molar-refractivity contribution in [3.05, 3.63) is 0 Å². The lowest BCUT2D eigenvalue weighted by Gasteiger charge is -2.25. The molecule has 17 heavy (non-hydrogen) atoms. The smallest absolute Gasteiger partial charge is 0.241 e. The van der Waals surface area contributed by atoms with E-state index in [0.29, 0.717) is 17.7 Å². The van der Waals surface area contributed by atoms with E-state index in [4.69, 9.17) is 0 Å². The second-order valence-corrected chi connectivity index (χ2v) is 5.92. The number of nitrogens with zero attached hydrogens (tertiary/aromatic N) is 1. The molecule has 1 amide bonds. The van der Waals surface area contributed by atoms with Crippen LogP contribution in [0.1, 0.15) is 53.9 Å². The molecule has 1 rings (SSSR count). The van der Waals surface area contributed by atoms with E-state index in [1.165, 1.54) is 0 Å². The predicted octanol–water partition coefficient (Wildman–Crippen LogP) is 2.62. The van der Waals surface area contributed by atoms with Crippen molar-refractivity contribution in [3.8, 4) is 0 Å². The molecule has 1 saturated heterocycles. The highest BCUT2D eigenvalue weighted by atomic mass is 16.2. The molecule has 3 nitrogen and oxygen atoms in total. The largest absolute Gasteiger partial charge is 0.326 e. The average Bonchev–Trinajstić information content (AvgIpc) is 2.52. The first-order chi connectivity index (χ1) is 7.97. The van der Waals surface area contributed by atoms with Crippen LogP contribution >= 0.6 is 0 Å². The number of rotatable bonds is 6. The van der Waals surface area contributed by atoms with Gasteiger partial charge >= 0.3 is 0 Å². The minimum atomic E-state index is 0.0237. The van der Waals surface area contributed by atoms with Crippen molar-refractivity contribution in [2.45, 2.75) is 66.1 Å². The first-order valence-electron chi connectivity index (χ1n) is 7.03. The molecule has 2 unspecified atom stereocenters. The van der Waals surface area contributed by atoms with Crippen molar-refractivity contribution in [1.82, 2.24) is 10.2 Å². The summed E-state index contributed by atoms with van der Waals surface area (Å²) in [7, 11) is 0. The Morgan fingerprint density at radius 2 is 1.94 bits per heavy atom. The molecule has 1 heterocycles. The lowest BCUT2D eigenvalue weighted by molar-refractivity contribution is -0.130. The highest BCUT2D eigenvalue weighted by molar-refractivity contribution is 5.84. The molecule has 100 valence electrons. The summed E-state index contributed by atoms with van der Waals surface area (Å²) in [4.78, 5) is 14.4. The van der Waals surface area contributed by atoms with Gasteiger partial charge in [0.1, 0.15) is 0 Å². The summed E-state index contributed by atoms with van der Waals surface area (Å²) in [5.41, 5.74) is 0. The van der Waals surface area contributed by atoms with Crippen LogP contribution in [0.4, 0.5) is 0 Å². The normalized spacial score (nSPS) is 25.4. The molecule has 0 radical (unpaired) electrons. The zero-order chi connectivity index (χ0) is 13.0. The van der Waals surface area contributed by atoms with Gasteiger partial charge in [-0.05, 0) is 24.7 Å². The van der Waals surface area contributed by atoms with Gasteiger partial charge in [-0.1, -0.05) is 41.0 Å². The summed E-state index contributed by atoms with van der Waals surface area (Å²) < 4.78 is 0. The van der Waals surface area contributed by atoms with Crippen molar-refractivity contribution in [2.24, 2.45) is 11.8 Å². The second kappa shape index (κ2) is 6.39. The third-order valence-corrected chi connectivity index (χ3v) is 3.41. The van der Waals surface area contributed by atoms with Crippen LogP contribution in [-0.2, 0) is 4.79 Å². The van der Waals surface area contributed by atoms with Crippen LogP contribution < -0.4 is 5.32 Å². The average molecular weight is 240 g/mol. The van der Waals surface area contributed by atoms with Gasteiger partial charge in [0.25, 0.3) is 0 Å². The van der Waals surface area contributed by atoms with Crippen molar-refractivity contribution < 1.29 is 4.79 Å². The van der Waals surface area contributed by atoms with Crippen LogP contribution in [0.15, 0.2) is 0 Å². The van der Waals surface area contributed by atoms with Gasteiger partial charge in [0.15, 0.2) is 0 Å². The van der Waals surface area contributed by atoms with Gasteiger partial charge in [0.05, 0.1) is 12.2 Å². The Bertz CT molecular complexity index is 251. The Morgan fingerprint density at radius 1 is 1.29 bits per heavy atom. The van der Waals surface area contributed by atoms with E-state index in [-0.39, 0.29) is 12.2 Å². The summed E-state index contributed by atoms with van der Waals surface area (Å²) in [5, 5.41) is 3.51. The van der Waals surface area contributed by atoms with Crippen LogP contribution in [0.2, 0.25) is 0 Å². The fourth-order valence-electron chi connectivity index (χ4n) is 2.41. The Morgan fingerprint density at radius 3 is 2.41 bits per heavy atom. The highest BCUT2D eigenvalue weighted by Crippen LogP contribution is 2.21. The van der Waals surface area contributed by atoms with Gasteiger partial charge in [-0.25, -0.2) is 0 Å². The minimum Gasteiger partial charge on any atom is -0.326 e. The number of unbranched alkanes of at least 4 members (excludes halogenated alkanes) is 1. The Balaban J connectivity index is 2.69. The van der Waals surface area contributed by atoms with Gasteiger partial charge < -0.3 is 4.90 Å². The van der Waals surface area contributed by atoms with E-state index in [0.717, 1.165) is 25.8 Å². The lowest BCUT2D eigenvalue weighted by atomic mass is 10.0. The summed E-state index contributed by atoms with van der Waals surface area (Å²) >= 11 is 0. The minimum absolute atomic E-state index is 0.0237. The molecular weight excluding hydrogens is 212 g/mol. The van der Waals surface area contributed by atoms with E-state index in [2.05, 4.69) is 44.8 Å². The second-order valence-electron chi connectivity index (χ2n) is 5.92. The van der Waals surface area contributed by atoms with E-state index in [1.54, 1.807) is 0 Å². The summed E-state index contributed by atoms with van der Waals surface area (Å²) in [6.07, 6.45) is 3.55. The molecule has 0 spiro atoms. The monoisotopic (exact) mass is 240 g/mol. The van der Waals surface area contributed by atoms with Crippen molar-refractivity contribution in [1.29, 1.82) is 0 Å². The maximum atomic E-state index is 12.3. The Labute approximate surface area is 106 Å². The van der Waals surface area contributed by atoms with Gasteiger partial charge in [-0.2, -0.15) is 0 Å². The van der Waals surface area contributed by atoms with E-state index in [9.17, 15) is 4.79 Å². The van der Waals surface area contributed by atoms with Crippen LogP contribution in [-0.4, -0.2) is 29.6 Å². The molecule has 1 N–H and O–H groups in total. The molecule has 1 aliphatic rings. The molecule has 1 aliphatic heterocycles. The number of carbonyl (C=O) groups is 1. The quantitative estimate of drug-likeness (QED) is 0.774. The van der Waals surface area contributed by atoms with Gasteiger partial charge in [0.2, 0.25) is 5.91 Å². The zero-order valence-corrected chi connectivity index (χ0v) is 12.0. The number of amides is 1. The molecule has 0 aliphatic carbocycles. The molecule has 1 fully saturated rings. The number of nitrogens with one attached hydrogen (secondary N) is 1. The van der Waals surface area contributed by atoms with E-state index in [1.807, 2.05) is 0 Å². The van der Waals surface area contributed by atoms with Crippen LogP contribution in [0, 0.1) is 11.8 Å². The third-order valence-electron chi connectivity index (χ3n) is 3.41. The van der Waals surface area contributed by atoms with Crippen LogP contribution in [0.25, 0.3) is 0 Å². The van der Waals surface area contributed by atoms with Crippen LogP contribution in [0.5, 0.6) is 0 Å². The maximum absolute atomic E-state index is 12.3. The molecule has 0 aromatic heterocycles. The van der Waals surface area contributed by atoms with Crippen molar-refractivity contribution in [3.63, 3.8) is 0 Å². The third kappa shape index (κ3) is 3.70. The lowest BCUT2D eigenvalue weighted by Crippen LogP contribution is -2.39. The number of hydrogen-bond donors (Lipinski definition) is 1. The number of carbonyl (C=O) groups excluding carboxylic acids is 1. The fraction of sp³-hybridized carbons (Fsp3) is 0.929. The summed E-state index contributed by atoms with van der Waals surface area (Å²) in [5.74, 6) is 1.30. The molecule has 0 aromatic rings. The summed E-state index contributed by atoms with van der Waals surface area (Å²) in [6, 6.07) is 0.0237. The Hall–Kier alpha value is -0.570. The SMILES string of the molecule is CCCCN1C(=O)C(C(C)C)NC1CC(C)C. The van der Waals surface area contributed by atoms with Gasteiger partial charge in [-0.3, -0.25) is 10.1 Å². The molecule has 0 bridgehead atoms. The standard InChI is InChI=1S/C14H28N2O/c1-6-7-8-16-12(9-10(2)3)15-13(11(4)5)14(16)17/h10-13,15H,6-9H2,1-5H3. The van der Waals surface area contributed by atoms with E-state index >= 15 is 0 Å². The highest BCUT2D eigenvalue weighted by Gasteiger charge is 2.39. The predicted molar refractivity (Wildman–Crippen MR) is 71.6 cm³/mol. The molecule has 2 atom stereocenters. The molecule has 3 heteroatoms. The van der Waals surface area contributed by atoms with Gasteiger partial charge in [-0.15, -0.1) is 0 Å². The Kier molecular flexibility index (Phi) is 5.44. The molecule has 0 aromatic carbocycles. The fourth-order valence-corrected chi connectivity index (χ4v) is 2.41. The van der Waals surface area contributed by atoms with Gasteiger partial charge in [0, 0.05) is 6.54 Å². The van der Waals surface area contributed by atoms with E-state index < -0.39 is 0 Å². The maximum Gasteiger partial charge on any atom is 0.241 e. The first-order valence-corrected chi connectivity index (χ1v) is 7.03. The van der Waals surface area contributed by atoms with Crippen molar-refractivity contribution >= 4 is 5.91 Å². The summed E-state index contributed by atoms with van der Waals surface area (Å²) in [6.45, 7) is 11.7. The number of hydrogen-bond acceptors (Lipinski definition) is 2. The topological polar surface area (TPSA) is 32.3 Å². The van der Waals surface area contributed by atoms with Crippen LogP contribution in [0.3, 0.4) is 0 Å². The van der Waals surface area contributed by atoms with Crippen molar-refractivity contribution in [2.75, 3.05) is 6.54 Å².